The van der Waals surface area contributed by atoms with Crippen LogP contribution in [0.4, 0.5) is 5.82 Å². The van der Waals surface area contributed by atoms with E-state index < -0.39 is 48.5 Å². The van der Waals surface area contributed by atoms with Crippen molar-refractivity contribution in [2.45, 2.75) is 49.2 Å². The van der Waals surface area contributed by atoms with E-state index in [1.807, 2.05) is 48.5 Å². The summed E-state index contributed by atoms with van der Waals surface area (Å²) >= 11 is 0. The van der Waals surface area contributed by atoms with E-state index in [0.717, 1.165) is 32.3 Å². The summed E-state index contributed by atoms with van der Waals surface area (Å²) in [5.41, 5.74) is 0.482. The number of fused-ring (bicyclic) bond motifs is 2. The van der Waals surface area contributed by atoms with Crippen LogP contribution in [0.3, 0.4) is 0 Å². The Labute approximate surface area is 221 Å². The van der Waals surface area contributed by atoms with Gasteiger partial charge in [-0.15, -0.1) is 0 Å². The molecule has 4 aromatic carbocycles. The highest BCUT2D eigenvalue weighted by Gasteiger charge is 2.42. The molecule has 10 heteroatoms. The molecule has 7 unspecified atom stereocenters. The molecule has 0 saturated carbocycles. The van der Waals surface area contributed by atoms with Gasteiger partial charge in [0.25, 0.3) is 0 Å². The summed E-state index contributed by atoms with van der Waals surface area (Å²) in [6.07, 6.45) is -5.01. The second-order valence-electron chi connectivity index (χ2n) is 10.4. The predicted molar refractivity (Wildman–Crippen MR) is 144 cm³/mol. The van der Waals surface area contributed by atoms with Gasteiger partial charge in [-0.2, -0.15) is 4.98 Å². The largest absolute Gasteiger partial charge is 0.394 e. The lowest BCUT2D eigenvalue weighted by Gasteiger charge is -2.39. The second-order valence-corrected chi connectivity index (χ2v) is 10.4. The van der Waals surface area contributed by atoms with E-state index in [9.17, 15) is 30.3 Å². The van der Waals surface area contributed by atoms with Crippen LogP contribution in [-0.4, -0.2) is 66.1 Å². The van der Waals surface area contributed by atoms with Crippen molar-refractivity contribution in [1.82, 2.24) is 9.55 Å². The molecule has 2 aliphatic rings. The van der Waals surface area contributed by atoms with Crippen molar-refractivity contribution < 1.29 is 30.3 Å². The molecule has 0 spiro atoms. The molecule has 7 atom stereocenters. The summed E-state index contributed by atoms with van der Waals surface area (Å²) in [7, 11) is 0. The van der Waals surface area contributed by atoms with Crippen LogP contribution < -0.4 is 11.0 Å². The Morgan fingerprint density at radius 1 is 0.949 bits per heavy atom. The van der Waals surface area contributed by atoms with Gasteiger partial charge in [-0.25, -0.2) is 4.79 Å². The average Bonchev–Trinajstić information content (AvgIpc) is 3.32. The third kappa shape index (κ3) is 3.64. The van der Waals surface area contributed by atoms with E-state index in [4.69, 9.17) is 4.74 Å². The fourth-order valence-electron chi connectivity index (χ4n) is 6.26. The van der Waals surface area contributed by atoms with Crippen LogP contribution >= 0.6 is 0 Å². The van der Waals surface area contributed by atoms with Gasteiger partial charge in [0.2, 0.25) is 0 Å². The van der Waals surface area contributed by atoms with Crippen LogP contribution in [0.25, 0.3) is 32.3 Å². The van der Waals surface area contributed by atoms with Crippen molar-refractivity contribution in [2.24, 2.45) is 0 Å². The minimum Gasteiger partial charge on any atom is -0.394 e. The fourth-order valence-corrected chi connectivity index (χ4v) is 6.26. The first-order valence-electron chi connectivity index (χ1n) is 12.9. The van der Waals surface area contributed by atoms with Crippen molar-refractivity contribution >= 4 is 38.1 Å². The number of anilines is 1. The zero-order valence-corrected chi connectivity index (χ0v) is 20.7. The summed E-state index contributed by atoms with van der Waals surface area (Å²) in [5.74, 6) is 0.165. The fraction of sp³-hybridized carbons (Fsp3) is 0.310. The summed E-state index contributed by atoms with van der Waals surface area (Å²) in [6, 6.07) is 16.6. The third-order valence-electron chi connectivity index (χ3n) is 8.19. The Kier molecular flexibility index (Phi) is 5.60. The van der Waals surface area contributed by atoms with E-state index >= 15 is 0 Å². The molecule has 1 saturated heterocycles. The van der Waals surface area contributed by atoms with Crippen molar-refractivity contribution in [2.75, 3.05) is 11.9 Å². The minimum absolute atomic E-state index is 0.136. The van der Waals surface area contributed by atoms with Gasteiger partial charge in [0.15, 0.2) is 0 Å². The maximum Gasteiger partial charge on any atom is 0.351 e. The van der Waals surface area contributed by atoms with Crippen LogP contribution in [0.1, 0.15) is 35.9 Å². The molecule has 6 N–H and O–H groups in total. The highest BCUT2D eigenvalue weighted by molar-refractivity contribution is 6.24. The van der Waals surface area contributed by atoms with Gasteiger partial charge < -0.3 is 35.6 Å². The number of aromatic nitrogens is 2. The number of ether oxygens (including phenoxy) is 1. The molecule has 1 fully saturated rings. The number of benzene rings is 4. The Morgan fingerprint density at radius 2 is 1.69 bits per heavy atom. The lowest BCUT2D eigenvalue weighted by atomic mass is 9.77. The molecule has 0 bridgehead atoms. The zero-order chi connectivity index (χ0) is 27.0. The molecule has 7 rings (SSSR count). The standard InChI is InChI=1S/C29H27N3O7/c33-12-19-18(34)11-21(39-19)32-9-8-20(31-29(32)38)30-25-24-16-7-6-14-3-1-2-13-4-5-15(23(16)22(13)14)10-17(24)26(35)28(37)27(25)36/h1-10,18-19,21,25-28,33-37H,11-12H2,(H,30,31,38). The van der Waals surface area contributed by atoms with Crippen molar-refractivity contribution in [1.29, 1.82) is 0 Å². The molecule has 1 aliphatic heterocycles. The molecule has 1 aromatic heterocycles. The van der Waals surface area contributed by atoms with Crippen LogP contribution in [0, 0.1) is 0 Å². The molecular weight excluding hydrogens is 502 g/mol. The lowest BCUT2D eigenvalue weighted by molar-refractivity contribution is -0.0766. The molecule has 39 heavy (non-hydrogen) atoms. The normalized spacial score (nSPS) is 28.9. The quantitative estimate of drug-likeness (QED) is 0.191. The van der Waals surface area contributed by atoms with Gasteiger partial charge in [-0.3, -0.25) is 4.57 Å². The highest BCUT2D eigenvalue weighted by atomic mass is 16.5. The number of hydrogen-bond acceptors (Lipinski definition) is 9. The maximum atomic E-state index is 12.9. The van der Waals surface area contributed by atoms with E-state index in [0.29, 0.717) is 11.1 Å². The van der Waals surface area contributed by atoms with Gasteiger partial charge >= 0.3 is 5.69 Å². The molecule has 0 radical (unpaired) electrons. The molecule has 2 heterocycles. The average molecular weight is 530 g/mol. The number of hydrogen-bond donors (Lipinski definition) is 6. The van der Waals surface area contributed by atoms with Crippen LogP contribution in [0.5, 0.6) is 0 Å². The Hall–Kier alpha value is -3.64. The molecule has 1 aliphatic carbocycles. The van der Waals surface area contributed by atoms with Gasteiger partial charge in [-0.1, -0.05) is 42.5 Å². The number of aliphatic hydroxyl groups is 5. The Morgan fingerprint density at radius 3 is 2.41 bits per heavy atom. The van der Waals surface area contributed by atoms with Gasteiger partial charge in [0.05, 0.1) is 18.8 Å². The maximum absolute atomic E-state index is 12.9. The Balaban J connectivity index is 1.34. The third-order valence-corrected chi connectivity index (χ3v) is 8.19. The summed E-state index contributed by atoms with van der Waals surface area (Å²) in [4.78, 5) is 17.0. The summed E-state index contributed by atoms with van der Waals surface area (Å²) in [6.45, 7) is -0.366. The first-order chi connectivity index (χ1) is 18.9. The minimum atomic E-state index is -1.47. The smallest absolute Gasteiger partial charge is 0.351 e. The van der Waals surface area contributed by atoms with Crippen LogP contribution in [-0.2, 0) is 4.74 Å². The van der Waals surface area contributed by atoms with Crippen LogP contribution in [0.15, 0.2) is 65.6 Å². The van der Waals surface area contributed by atoms with Gasteiger partial charge in [-0.05, 0) is 55.6 Å². The van der Waals surface area contributed by atoms with Crippen molar-refractivity contribution in [3.8, 4) is 0 Å². The lowest BCUT2D eigenvalue weighted by Crippen LogP contribution is -2.44. The number of nitrogens with zero attached hydrogens (tertiary/aromatic N) is 2. The molecule has 200 valence electrons. The molecule has 0 amide bonds. The monoisotopic (exact) mass is 529 g/mol. The van der Waals surface area contributed by atoms with Gasteiger partial charge in [0, 0.05) is 12.6 Å². The number of aliphatic hydroxyl groups excluding tert-OH is 5. The van der Waals surface area contributed by atoms with E-state index in [1.165, 1.54) is 10.8 Å². The van der Waals surface area contributed by atoms with Gasteiger partial charge in [0.1, 0.15) is 36.5 Å². The van der Waals surface area contributed by atoms with E-state index in [2.05, 4.69) is 10.3 Å². The van der Waals surface area contributed by atoms with E-state index in [-0.39, 0.29) is 18.8 Å². The predicted octanol–water partition coefficient (Wildman–Crippen LogP) is 1.70. The topological polar surface area (TPSA) is 157 Å². The van der Waals surface area contributed by atoms with Crippen LogP contribution in [0.2, 0.25) is 0 Å². The first-order valence-corrected chi connectivity index (χ1v) is 12.9. The summed E-state index contributed by atoms with van der Waals surface area (Å²) < 4.78 is 6.81. The molecular formula is C29H27N3O7. The number of nitrogens with one attached hydrogen (secondary N) is 1. The first kappa shape index (κ1) is 24.4. The zero-order valence-electron chi connectivity index (χ0n) is 20.7. The van der Waals surface area contributed by atoms with Crippen molar-refractivity contribution in [3.05, 3.63) is 82.4 Å². The van der Waals surface area contributed by atoms with Crippen molar-refractivity contribution in [3.63, 3.8) is 0 Å². The summed E-state index contributed by atoms with van der Waals surface area (Å²) in [5, 5.41) is 61.3. The second kappa shape index (κ2) is 8.95. The van der Waals surface area contributed by atoms with E-state index in [1.54, 1.807) is 6.07 Å². The Bertz CT molecular complexity index is 1760. The number of rotatable bonds is 4. The molecule has 10 nitrogen and oxygen atoms in total. The highest BCUT2D eigenvalue weighted by Crippen LogP contribution is 2.46. The SMILES string of the molecule is O=c1nc(NC2c3c(cc4ccc5cccc6ccc3c4c56)C(O)C(O)C2O)ccn1C1CC(O)C(CO)O1. The molecule has 5 aromatic rings.